The van der Waals surface area contributed by atoms with Gasteiger partial charge in [0.1, 0.15) is 5.82 Å². The Labute approximate surface area is 187 Å². The Kier molecular flexibility index (Phi) is 6.21. The van der Waals surface area contributed by atoms with Crippen molar-refractivity contribution >= 4 is 17.3 Å². The highest BCUT2D eigenvalue weighted by atomic mass is 19.1. The number of benzene rings is 1. The molecule has 0 atom stereocenters. The van der Waals surface area contributed by atoms with Gasteiger partial charge >= 0.3 is 0 Å². The number of anilines is 2. The first kappa shape index (κ1) is 21.9. The summed E-state index contributed by atoms with van der Waals surface area (Å²) in [6, 6.07) is 6.50. The third kappa shape index (κ3) is 4.64. The maximum absolute atomic E-state index is 14.0. The number of nitrogens with one attached hydrogen (secondary N) is 1. The molecule has 0 radical (unpaired) electrons. The number of halogens is 1. The molecule has 0 bridgehead atoms. The van der Waals surface area contributed by atoms with Crippen molar-refractivity contribution in [2.75, 3.05) is 23.3 Å². The second-order valence-electron chi connectivity index (χ2n) is 8.45. The Hall–Kier alpha value is -3.29. The lowest BCUT2D eigenvalue weighted by Gasteiger charge is -2.30. The number of rotatable bonds is 5. The van der Waals surface area contributed by atoms with Gasteiger partial charge in [-0.15, -0.1) is 0 Å². The topological polar surface area (TPSA) is 75.9 Å². The van der Waals surface area contributed by atoms with Gasteiger partial charge < -0.3 is 10.2 Å². The summed E-state index contributed by atoms with van der Waals surface area (Å²) in [6.07, 6.45) is 3.54. The summed E-state index contributed by atoms with van der Waals surface area (Å²) in [5, 5.41) is 7.50. The largest absolute Gasteiger partial charge is 0.370 e. The minimum Gasteiger partial charge on any atom is -0.370 e. The Bertz CT molecular complexity index is 1130. The molecule has 0 spiro atoms. The van der Waals surface area contributed by atoms with E-state index in [-0.39, 0.29) is 18.1 Å². The Balaban J connectivity index is 1.57. The number of nitrogens with zero attached hydrogens (tertiary/aromatic N) is 5. The molecule has 1 saturated heterocycles. The second kappa shape index (κ2) is 9.06. The van der Waals surface area contributed by atoms with E-state index in [1.807, 2.05) is 33.8 Å². The van der Waals surface area contributed by atoms with Crippen LogP contribution in [0.1, 0.15) is 47.6 Å². The molecule has 0 aliphatic carbocycles. The Morgan fingerprint density at radius 3 is 2.41 bits per heavy atom. The number of aromatic nitrogens is 4. The number of hydrogen-bond donors (Lipinski definition) is 1. The molecule has 1 aliphatic rings. The van der Waals surface area contributed by atoms with Gasteiger partial charge in [-0.2, -0.15) is 5.10 Å². The lowest BCUT2D eigenvalue weighted by atomic mass is 10.1. The molecule has 0 unspecified atom stereocenters. The summed E-state index contributed by atoms with van der Waals surface area (Å²) in [7, 11) is 0. The minimum atomic E-state index is -0.367. The molecule has 0 saturated carbocycles. The summed E-state index contributed by atoms with van der Waals surface area (Å²) in [5.41, 5.74) is 5.48. The van der Waals surface area contributed by atoms with Crippen molar-refractivity contribution in [3.63, 3.8) is 0 Å². The molecular weight excluding hydrogens is 407 g/mol. The molecule has 32 heavy (non-hydrogen) atoms. The van der Waals surface area contributed by atoms with E-state index in [2.05, 4.69) is 25.3 Å². The first-order valence-electron chi connectivity index (χ1n) is 11.0. The highest BCUT2D eigenvalue weighted by Crippen LogP contribution is 2.30. The molecule has 2 aromatic heterocycles. The van der Waals surface area contributed by atoms with Gasteiger partial charge in [0.05, 0.1) is 23.5 Å². The van der Waals surface area contributed by atoms with Crippen LogP contribution in [-0.4, -0.2) is 38.7 Å². The lowest BCUT2D eigenvalue weighted by molar-refractivity contribution is -0.115. The van der Waals surface area contributed by atoms with Crippen LogP contribution < -0.4 is 10.2 Å². The van der Waals surface area contributed by atoms with Crippen LogP contribution in [0.5, 0.6) is 0 Å². The van der Waals surface area contributed by atoms with Crippen molar-refractivity contribution in [3.8, 4) is 5.95 Å². The van der Waals surface area contributed by atoms with E-state index in [9.17, 15) is 9.18 Å². The summed E-state index contributed by atoms with van der Waals surface area (Å²) in [6.45, 7) is 9.43. The number of aryl methyl sites for hydroxylation is 3. The molecule has 1 N–H and O–H groups in total. The van der Waals surface area contributed by atoms with Gasteiger partial charge in [-0.1, -0.05) is 0 Å². The van der Waals surface area contributed by atoms with E-state index in [1.165, 1.54) is 18.6 Å². The fourth-order valence-electron chi connectivity index (χ4n) is 4.30. The zero-order chi connectivity index (χ0) is 22.8. The Morgan fingerprint density at radius 2 is 1.72 bits per heavy atom. The summed E-state index contributed by atoms with van der Waals surface area (Å²) in [5.74, 6) is -0.0820. The quantitative estimate of drug-likeness (QED) is 0.649. The van der Waals surface area contributed by atoms with E-state index in [0.717, 1.165) is 60.0 Å². The predicted octanol–water partition coefficient (Wildman–Crippen LogP) is 4.21. The fraction of sp³-hybridized carbons (Fsp3) is 0.417. The zero-order valence-electron chi connectivity index (χ0n) is 19.1. The van der Waals surface area contributed by atoms with Crippen molar-refractivity contribution in [3.05, 3.63) is 58.4 Å². The first-order valence-corrected chi connectivity index (χ1v) is 11.0. The van der Waals surface area contributed by atoms with Crippen LogP contribution in [0.2, 0.25) is 0 Å². The monoisotopic (exact) mass is 436 g/mol. The maximum atomic E-state index is 14.0. The van der Waals surface area contributed by atoms with Crippen molar-refractivity contribution < 1.29 is 9.18 Å². The molecule has 1 aromatic carbocycles. The normalized spacial score (nSPS) is 14.0. The van der Waals surface area contributed by atoms with Gasteiger partial charge in [0, 0.05) is 35.7 Å². The van der Waals surface area contributed by atoms with Crippen molar-refractivity contribution in [1.29, 1.82) is 0 Å². The van der Waals surface area contributed by atoms with Crippen LogP contribution in [0.15, 0.2) is 24.3 Å². The number of piperidine rings is 1. The van der Waals surface area contributed by atoms with Crippen molar-refractivity contribution in [1.82, 2.24) is 19.7 Å². The van der Waals surface area contributed by atoms with Crippen LogP contribution in [0.4, 0.5) is 15.8 Å². The fourth-order valence-corrected chi connectivity index (χ4v) is 4.30. The van der Waals surface area contributed by atoms with Gasteiger partial charge in [-0.25, -0.2) is 19.0 Å². The SMILES string of the molecule is Cc1cc(C)nc(-n2nc(C)c(CC(=O)Nc3cc(F)ccc3N3CCCCC3)c2C)n1. The zero-order valence-corrected chi connectivity index (χ0v) is 19.1. The molecule has 1 aliphatic heterocycles. The summed E-state index contributed by atoms with van der Waals surface area (Å²) < 4.78 is 15.7. The van der Waals surface area contributed by atoms with E-state index in [4.69, 9.17) is 0 Å². The van der Waals surface area contributed by atoms with Crippen LogP contribution >= 0.6 is 0 Å². The molecule has 1 amide bonds. The number of hydrogen-bond acceptors (Lipinski definition) is 5. The number of carbonyl (C=O) groups is 1. The van der Waals surface area contributed by atoms with Crippen molar-refractivity contribution in [2.45, 2.75) is 53.4 Å². The number of carbonyl (C=O) groups excluding carboxylic acids is 1. The van der Waals surface area contributed by atoms with Gasteiger partial charge in [0.15, 0.2) is 0 Å². The van der Waals surface area contributed by atoms with Crippen LogP contribution in [0, 0.1) is 33.5 Å². The van der Waals surface area contributed by atoms with E-state index in [0.29, 0.717) is 11.6 Å². The summed E-state index contributed by atoms with van der Waals surface area (Å²) >= 11 is 0. The van der Waals surface area contributed by atoms with Gasteiger partial charge in [-0.3, -0.25) is 4.79 Å². The third-order valence-corrected chi connectivity index (χ3v) is 5.87. The lowest BCUT2D eigenvalue weighted by Crippen LogP contribution is -2.30. The molecule has 3 aromatic rings. The highest BCUT2D eigenvalue weighted by molar-refractivity contribution is 5.95. The van der Waals surface area contributed by atoms with E-state index < -0.39 is 0 Å². The smallest absolute Gasteiger partial charge is 0.251 e. The standard InChI is InChI=1S/C24H29FN6O/c1-15-12-16(2)27-24(26-15)31-18(4)20(17(3)29-31)14-23(32)28-21-13-19(25)8-9-22(21)30-10-6-5-7-11-30/h8-9,12-13H,5-7,10-11,14H2,1-4H3,(H,28,32). The summed E-state index contributed by atoms with van der Waals surface area (Å²) in [4.78, 5) is 24.1. The average molecular weight is 437 g/mol. The molecule has 168 valence electrons. The molecule has 1 fully saturated rings. The van der Waals surface area contributed by atoms with Crippen LogP contribution in [-0.2, 0) is 11.2 Å². The van der Waals surface area contributed by atoms with Gasteiger partial charge in [-0.05, 0) is 71.2 Å². The second-order valence-corrected chi connectivity index (χ2v) is 8.45. The molecular formula is C24H29FN6O. The van der Waals surface area contributed by atoms with Crippen molar-refractivity contribution in [2.24, 2.45) is 0 Å². The average Bonchev–Trinajstić information content (AvgIpc) is 3.02. The van der Waals surface area contributed by atoms with Crippen LogP contribution in [0.25, 0.3) is 5.95 Å². The predicted molar refractivity (Wildman–Crippen MR) is 123 cm³/mol. The minimum absolute atomic E-state index is 0.137. The third-order valence-electron chi connectivity index (χ3n) is 5.87. The van der Waals surface area contributed by atoms with Gasteiger partial charge in [0.2, 0.25) is 5.91 Å². The number of amides is 1. The highest BCUT2D eigenvalue weighted by Gasteiger charge is 2.20. The Morgan fingerprint density at radius 1 is 1.03 bits per heavy atom. The van der Waals surface area contributed by atoms with Gasteiger partial charge in [0.25, 0.3) is 5.95 Å². The van der Waals surface area contributed by atoms with Crippen LogP contribution in [0.3, 0.4) is 0 Å². The molecule has 4 rings (SSSR count). The molecule has 8 heteroatoms. The molecule has 7 nitrogen and oxygen atoms in total. The molecule has 3 heterocycles. The van der Waals surface area contributed by atoms with E-state index in [1.54, 1.807) is 10.7 Å². The maximum Gasteiger partial charge on any atom is 0.251 e. The van der Waals surface area contributed by atoms with E-state index >= 15 is 0 Å². The first-order chi connectivity index (χ1) is 15.3.